The minimum atomic E-state index is -0.0108. The third kappa shape index (κ3) is 5.31. The zero-order valence-corrected chi connectivity index (χ0v) is 11.0. The van der Waals surface area contributed by atoms with E-state index in [1.807, 2.05) is 0 Å². The number of hydrogen-bond donors (Lipinski definition) is 2. The van der Waals surface area contributed by atoms with Gasteiger partial charge in [0.2, 0.25) is 0 Å². The second kappa shape index (κ2) is 8.08. The molecule has 96 valence electrons. The van der Waals surface area contributed by atoms with E-state index in [1.165, 1.54) is 38.5 Å². The van der Waals surface area contributed by atoms with Crippen molar-refractivity contribution >= 4 is 0 Å². The monoisotopic (exact) mass is 227 g/mol. The Labute approximate surface area is 101 Å². The van der Waals surface area contributed by atoms with Crippen molar-refractivity contribution in [1.82, 2.24) is 5.32 Å². The summed E-state index contributed by atoms with van der Waals surface area (Å²) in [6, 6.07) is 0. The molecule has 1 saturated carbocycles. The van der Waals surface area contributed by atoms with Crippen LogP contribution in [0.25, 0.3) is 0 Å². The molecule has 0 saturated heterocycles. The highest BCUT2D eigenvalue weighted by molar-refractivity contribution is 4.74. The molecule has 1 rings (SSSR count). The van der Waals surface area contributed by atoms with E-state index >= 15 is 0 Å². The van der Waals surface area contributed by atoms with Crippen LogP contribution in [-0.4, -0.2) is 24.3 Å². The molecule has 2 N–H and O–H groups in total. The highest BCUT2D eigenvalue weighted by Crippen LogP contribution is 2.27. The average molecular weight is 227 g/mol. The maximum atomic E-state index is 9.83. The second-order valence-electron chi connectivity index (χ2n) is 5.47. The largest absolute Gasteiger partial charge is 0.393 e. The van der Waals surface area contributed by atoms with Gasteiger partial charge in [0.05, 0.1) is 6.10 Å². The molecule has 1 aliphatic carbocycles. The Kier molecular flexibility index (Phi) is 7.06. The van der Waals surface area contributed by atoms with Crippen LogP contribution in [0.15, 0.2) is 0 Å². The Morgan fingerprint density at radius 2 is 2.06 bits per heavy atom. The molecule has 0 aromatic rings. The number of nitrogens with one attached hydrogen (secondary N) is 1. The van der Waals surface area contributed by atoms with Crippen molar-refractivity contribution in [3.05, 3.63) is 0 Å². The van der Waals surface area contributed by atoms with E-state index < -0.39 is 0 Å². The van der Waals surface area contributed by atoms with E-state index in [1.54, 1.807) is 0 Å². The Morgan fingerprint density at radius 3 is 2.75 bits per heavy atom. The van der Waals surface area contributed by atoms with E-state index in [-0.39, 0.29) is 6.10 Å². The summed E-state index contributed by atoms with van der Waals surface area (Å²) in [7, 11) is 0. The molecule has 0 amide bonds. The van der Waals surface area contributed by atoms with Gasteiger partial charge in [-0.1, -0.05) is 33.1 Å². The lowest BCUT2D eigenvalue weighted by Gasteiger charge is -2.27. The maximum absolute atomic E-state index is 9.83. The van der Waals surface area contributed by atoms with E-state index in [0.717, 1.165) is 25.4 Å². The molecule has 1 aliphatic rings. The maximum Gasteiger partial charge on any atom is 0.0568 e. The lowest BCUT2D eigenvalue weighted by molar-refractivity contribution is 0.0643. The van der Waals surface area contributed by atoms with Crippen molar-refractivity contribution in [3.63, 3.8) is 0 Å². The Morgan fingerprint density at radius 1 is 1.31 bits per heavy atom. The Balaban J connectivity index is 1.97. The smallest absolute Gasteiger partial charge is 0.0568 e. The molecule has 2 heteroatoms. The van der Waals surface area contributed by atoms with Crippen LogP contribution in [0.4, 0.5) is 0 Å². The van der Waals surface area contributed by atoms with Crippen molar-refractivity contribution in [3.8, 4) is 0 Å². The van der Waals surface area contributed by atoms with Crippen LogP contribution in [0, 0.1) is 11.8 Å². The van der Waals surface area contributed by atoms with Crippen molar-refractivity contribution in [2.45, 2.75) is 64.9 Å². The van der Waals surface area contributed by atoms with Crippen LogP contribution in [0.1, 0.15) is 58.8 Å². The van der Waals surface area contributed by atoms with Crippen molar-refractivity contribution in [2.75, 3.05) is 13.1 Å². The summed E-state index contributed by atoms with van der Waals surface area (Å²) >= 11 is 0. The molecule has 0 aromatic carbocycles. The van der Waals surface area contributed by atoms with Gasteiger partial charge in [0.15, 0.2) is 0 Å². The molecular formula is C14H29NO. The van der Waals surface area contributed by atoms with E-state index in [9.17, 15) is 5.11 Å². The Bertz CT molecular complexity index is 172. The first-order chi connectivity index (χ1) is 7.74. The zero-order valence-electron chi connectivity index (χ0n) is 11.0. The molecule has 0 spiro atoms. The summed E-state index contributed by atoms with van der Waals surface area (Å²) in [6.45, 7) is 6.79. The number of aliphatic hydroxyl groups is 1. The predicted octanol–water partition coefficient (Wildman–Crippen LogP) is 2.95. The standard InChI is InChI=1S/C14H29NO/c1-3-12(2)11-15-10-6-8-13-7-4-5-9-14(13)16/h12-16H,3-11H2,1-2H3. The molecule has 1 fully saturated rings. The molecule has 3 atom stereocenters. The lowest BCUT2D eigenvalue weighted by Crippen LogP contribution is -2.26. The molecule has 0 radical (unpaired) electrons. The minimum Gasteiger partial charge on any atom is -0.393 e. The van der Waals surface area contributed by atoms with Gasteiger partial charge >= 0.3 is 0 Å². The van der Waals surface area contributed by atoms with Gasteiger partial charge in [-0.25, -0.2) is 0 Å². The van der Waals surface area contributed by atoms with Crippen molar-refractivity contribution in [2.24, 2.45) is 11.8 Å². The highest BCUT2D eigenvalue weighted by Gasteiger charge is 2.21. The summed E-state index contributed by atoms with van der Waals surface area (Å²) < 4.78 is 0. The predicted molar refractivity (Wildman–Crippen MR) is 69.5 cm³/mol. The van der Waals surface area contributed by atoms with Gasteiger partial charge in [0.25, 0.3) is 0 Å². The first-order valence-electron chi connectivity index (χ1n) is 7.12. The summed E-state index contributed by atoms with van der Waals surface area (Å²) in [4.78, 5) is 0. The van der Waals surface area contributed by atoms with Crippen LogP contribution in [-0.2, 0) is 0 Å². The van der Waals surface area contributed by atoms with Crippen LogP contribution in [0.3, 0.4) is 0 Å². The molecule has 0 heterocycles. The van der Waals surface area contributed by atoms with E-state index in [4.69, 9.17) is 0 Å². The van der Waals surface area contributed by atoms with Gasteiger partial charge in [-0.05, 0) is 50.6 Å². The quantitative estimate of drug-likeness (QED) is 0.655. The molecule has 3 unspecified atom stereocenters. The van der Waals surface area contributed by atoms with E-state index in [2.05, 4.69) is 19.2 Å². The second-order valence-corrected chi connectivity index (χ2v) is 5.47. The van der Waals surface area contributed by atoms with Gasteiger partial charge in [-0.15, -0.1) is 0 Å². The fourth-order valence-corrected chi connectivity index (χ4v) is 2.51. The normalized spacial score (nSPS) is 27.9. The third-order valence-corrected chi connectivity index (χ3v) is 3.99. The third-order valence-electron chi connectivity index (χ3n) is 3.99. The molecule has 0 aliphatic heterocycles. The van der Waals surface area contributed by atoms with Gasteiger partial charge in [-0.2, -0.15) is 0 Å². The van der Waals surface area contributed by atoms with Crippen LogP contribution >= 0.6 is 0 Å². The summed E-state index contributed by atoms with van der Waals surface area (Å²) in [5.41, 5.74) is 0. The molecule has 0 bridgehead atoms. The summed E-state index contributed by atoms with van der Waals surface area (Å²) in [5, 5.41) is 13.3. The van der Waals surface area contributed by atoms with Crippen LogP contribution in [0.2, 0.25) is 0 Å². The fourth-order valence-electron chi connectivity index (χ4n) is 2.51. The van der Waals surface area contributed by atoms with Crippen molar-refractivity contribution < 1.29 is 5.11 Å². The van der Waals surface area contributed by atoms with E-state index in [0.29, 0.717) is 5.92 Å². The first kappa shape index (κ1) is 14.0. The SMILES string of the molecule is CCC(C)CNCCCC1CCCCC1O. The number of rotatable bonds is 7. The van der Waals surface area contributed by atoms with Crippen molar-refractivity contribution in [1.29, 1.82) is 0 Å². The molecule has 16 heavy (non-hydrogen) atoms. The number of hydrogen-bond acceptors (Lipinski definition) is 2. The van der Waals surface area contributed by atoms with Gasteiger partial charge in [0.1, 0.15) is 0 Å². The first-order valence-corrected chi connectivity index (χ1v) is 7.12. The molecule has 0 aromatic heterocycles. The minimum absolute atomic E-state index is 0.0108. The Hall–Kier alpha value is -0.0800. The molecule has 2 nitrogen and oxygen atoms in total. The summed E-state index contributed by atoms with van der Waals surface area (Å²) in [6.07, 6.45) is 8.49. The van der Waals surface area contributed by atoms with Gasteiger partial charge in [0, 0.05) is 0 Å². The van der Waals surface area contributed by atoms with Crippen LogP contribution < -0.4 is 5.32 Å². The lowest BCUT2D eigenvalue weighted by atomic mass is 9.83. The fraction of sp³-hybridized carbons (Fsp3) is 1.00. The summed E-state index contributed by atoms with van der Waals surface area (Å²) in [5.74, 6) is 1.37. The zero-order chi connectivity index (χ0) is 11.8. The van der Waals surface area contributed by atoms with Gasteiger partial charge < -0.3 is 10.4 Å². The molecular weight excluding hydrogens is 198 g/mol. The highest BCUT2D eigenvalue weighted by atomic mass is 16.3. The topological polar surface area (TPSA) is 32.3 Å². The van der Waals surface area contributed by atoms with Crippen LogP contribution in [0.5, 0.6) is 0 Å². The average Bonchev–Trinajstić information content (AvgIpc) is 2.30. The van der Waals surface area contributed by atoms with Gasteiger partial charge in [-0.3, -0.25) is 0 Å². The number of aliphatic hydroxyl groups excluding tert-OH is 1.